The van der Waals surface area contributed by atoms with Crippen molar-refractivity contribution in [2.24, 2.45) is 0 Å². The molecule has 294 valence electrons. The van der Waals surface area contributed by atoms with Gasteiger partial charge < -0.3 is 44.6 Å². The standard InChI is InChI=1S/C41H48Cl3N5O6/c42-35-17-29(20-47-22-32(52)24-50)37(54-25-27-16-30(21-46-19-27)41(45)49-12-1-2-13-49)18-38(35)55-26-28-6-3-7-33(39(28)43)34-8-4-9-36(40(34)44)53-15-5-11-48-14-10-31(51)23-48/h3-4,6-9,16-19,21,31-32,45,47,50-52H,1-2,5,10-15,20,22-26H2. The van der Waals surface area contributed by atoms with Crippen LogP contribution in [0.5, 0.6) is 17.2 Å². The lowest BCUT2D eigenvalue weighted by molar-refractivity contribution is 0.0941. The fourth-order valence-corrected chi connectivity index (χ4v) is 7.55. The van der Waals surface area contributed by atoms with Crippen LogP contribution in [-0.2, 0) is 19.8 Å². The van der Waals surface area contributed by atoms with Crippen LogP contribution < -0.4 is 19.5 Å². The molecule has 2 atom stereocenters. The van der Waals surface area contributed by atoms with Gasteiger partial charge in [-0.15, -0.1) is 0 Å². The van der Waals surface area contributed by atoms with E-state index in [1.54, 1.807) is 24.5 Å². The van der Waals surface area contributed by atoms with Gasteiger partial charge in [-0.2, -0.15) is 0 Å². The van der Waals surface area contributed by atoms with Crippen molar-refractivity contribution in [3.05, 3.63) is 104 Å². The van der Waals surface area contributed by atoms with Crippen molar-refractivity contribution in [3.63, 3.8) is 0 Å². The summed E-state index contributed by atoms with van der Waals surface area (Å²) >= 11 is 20.6. The summed E-state index contributed by atoms with van der Waals surface area (Å²) in [6.45, 7) is 5.10. The Morgan fingerprint density at radius 1 is 0.891 bits per heavy atom. The first-order valence-corrected chi connectivity index (χ1v) is 19.8. The van der Waals surface area contributed by atoms with E-state index in [9.17, 15) is 15.3 Å². The first-order chi connectivity index (χ1) is 26.7. The van der Waals surface area contributed by atoms with Crippen LogP contribution in [0.15, 0.2) is 67.0 Å². The van der Waals surface area contributed by atoms with Crippen molar-refractivity contribution in [3.8, 4) is 28.4 Å². The molecule has 2 saturated heterocycles. The number of aliphatic hydroxyl groups is 3. The molecular formula is C41H48Cl3N5O6. The van der Waals surface area contributed by atoms with Crippen molar-refractivity contribution in [2.75, 3.05) is 52.5 Å². The largest absolute Gasteiger partial charge is 0.492 e. The molecule has 11 nitrogen and oxygen atoms in total. The van der Waals surface area contributed by atoms with Gasteiger partial charge in [0.1, 0.15) is 36.3 Å². The Hall–Kier alpha value is -3.65. The molecule has 0 radical (unpaired) electrons. The topological polar surface area (TPSA) is 144 Å². The van der Waals surface area contributed by atoms with Crippen molar-refractivity contribution < 1.29 is 29.5 Å². The van der Waals surface area contributed by atoms with E-state index >= 15 is 0 Å². The normalized spacial score (nSPS) is 16.4. The first kappa shape index (κ1) is 41.0. The van der Waals surface area contributed by atoms with E-state index < -0.39 is 6.10 Å². The molecule has 3 heterocycles. The lowest BCUT2D eigenvalue weighted by Crippen LogP contribution is -2.29. The van der Waals surface area contributed by atoms with Crippen LogP contribution in [0.3, 0.4) is 0 Å². The van der Waals surface area contributed by atoms with Gasteiger partial charge in [0, 0.05) is 97.7 Å². The van der Waals surface area contributed by atoms with Crippen molar-refractivity contribution in [2.45, 2.75) is 57.6 Å². The number of benzene rings is 3. The van der Waals surface area contributed by atoms with E-state index in [0.29, 0.717) is 57.8 Å². The molecule has 0 amide bonds. The number of ether oxygens (including phenoxy) is 3. The molecule has 0 spiro atoms. The molecule has 2 unspecified atom stereocenters. The van der Waals surface area contributed by atoms with Crippen molar-refractivity contribution in [1.82, 2.24) is 20.1 Å². The van der Waals surface area contributed by atoms with Gasteiger partial charge >= 0.3 is 0 Å². The molecule has 6 rings (SSSR count). The van der Waals surface area contributed by atoms with Crippen LogP contribution in [0.1, 0.15) is 47.9 Å². The number of aromatic nitrogens is 1. The number of β-amino-alcohol motifs (C(OH)–C–C–N with tert-alkyl or cyclic N) is 1. The molecule has 5 N–H and O–H groups in total. The van der Waals surface area contributed by atoms with Crippen molar-refractivity contribution in [1.29, 1.82) is 5.41 Å². The van der Waals surface area contributed by atoms with Crippen LogP contribution in [0.2, 0.25) is 15.1 Å². The average Bonchev–Trinajstić information content (AvgIpc) is 3.89. The highest BCUT2D eigenvalue weighted by Gasteiger charge is 2.21. The quantitative estimate of drug-likeness (QED) is 0.0426. The SMILES string of the molecule is N=C(c1cncc(COc2cc(OCc3cccc(-c4cccc(OCCCN5CCC(O)C5)c4Cl)c3Cl)c(Cl)cc2CNCC(O)CO)c1)N1CCCC1. The fraction of sp³-hybridized carbons (Fsp3) is 0.415. The summed E-state index contributed by atoms with van der Waals surface area (Å²) in [5.41, 5.74) is 4.45. The Morgan fingerprint density at radius 2 is 1.65 bits per heavy atom. The van der Waals surface area contributed by atoms with E-state index in [-0.39, 0.29) is 32.5 Å². The van der Waals surface area contributed by atoms with E-state index in [1.165, 1.54) is 0 Å². The number of hydrogen-bond donors (Lipinski definition) is 5. The lowest BCUT2D eigenvalue weighted by Gasteiger charge is -2.19. The fourth-order valence-electron chi connectivity index (χ4n) is 6.75. The number of halogens is 3. The summed E-state index contributed by atoms with van der Waals surface area (Å²) in [5.74, 6) is 1.92. The van der Waals surface area contributed by atoms with Crippen LogP contribution >= 0.6 is 34.8 Å². The molecule has 2 aliphatic heterocycles. The second-order valence-corrected chi connectivity index (χ2v) is 15.1. The zero-order valence-corrected chi connectivity index (χ0v) is 32.9. The number of nitrogens with one attached hydrogen (secondary N) is 2. The van der Waals surface area contributed by atoms with Crippen LogP contribution in [0.4, 0.5) is 0 Å². The number of rotatable bonds is 18. The second kappa shape index (κ2) is 20.0. The van der Waals surface area contributed by atoms with Gasteiger partial charge in [-0.05, 0) is 43.9 Å². The molecule has 0 saturated carbocycles. The molecule has 0 bridgehead atoms. The molecular weight excluding hydrogens is 765 g/mol. The number of nitrogens with zero attached hydrogens (tertiary/aromatic N) is 3. The van der Waals surface area contributed by atoms with Gasteiger partial charge in [0.05, 0.1) is 40.5 Å². The Bertz CT molecular complexity index is 1910. The van der Waals surface area contributed by atoms with Crippen LogP contribution in [0.25, 0.3) is 11.1 Å². The molecule has 4 aromatic rings. The summed E-state index contributed by atoms with van der Waals surface area (Å²) in [4.78, 5) is 8.67. The van der Waals surface area contributed by atoms with Crippen molar-refractivity contribution >= 4 is 40.6 Å². The van der Waals surface area contributed by atoms with Gasteiger partial charge in [-0.25, -0.2) is 0 Å². The number of hydrogen-bond acceptors (Lipinski definition) is 10. The van der Waals surface area contributed by atoms with E-state index in [2.05, 4.69) is 20.1 Å². The highest BCUT2D eigenvalue weighted by atomic mass is 35.5. The molecule has 0 aliphatic carbocycles. The molecule has 3 aromatic carbocycles. The van der Waals surface area contributed by atoms with E-state index in [0.717, 1.165) is 85.2 Å². The lowest BCUT2D eigenvalue weighted by atomic mass is 10.0. The molecule has 14 heteroatoms. The van der Waals surface area contributed by atoms with E-state index in [1.807, 2.05) is 42.5 Å². The second-order valence-electron chi connectivity index (χ2n) is 13.9. The maximum Gasteiger partial charge on any atom is 0.142 e. The molecule has 2 fully saturated rings. The first-order valence-electron chi connectivity index (χ1n) is 18.6. The number of amidine groups is 1. The number of aliphatic hydroxyl groups excluding tert-OH is 3. The van der Waals surface area contributed by atoms with Gasteiger partial charge in [-0.3, -0.25) is 10.4 Å². The Morgan fingerprint density at radius 3 is 2.42 bits per heavy atom. The highest BCUT2D eigenvalue weighted by molar-refractivity contribution is 6.37. The summed E-state index contributed by atoms with van der Waals surface area (Å²) in [5, 5.41) is 42.0. The zero-order chi connectivity index (χ0) is 38.7. The third-order valence-corrected chi connectivity index (χ3v) is 10.9. The minimum Gasteiger partial charge on any atom is -0.492 e. The van der Waals surface area contributed by atoms with Gasteiger partial charge in [0.25, 0.3) is 0 Å². The summed E-state index contributed by atoms with van der Waals surface area (Å²) in [6.07, 6.45) is 6.05. The monoisotopic (exact) mass is 811 g/mol. The number of pyridine rings is 1. The molecule has 1 aromatic heterocycles. The molecule has 55 heavy (non-hydrogen) atoms. The summed E-state index contributed by atoms with van der Waals surface area (Å²) in [6, 6.07) is 16.7. The average molecular weight is 813 g/mol. The third-order valence-electron chi connectivity index (χ3n) is 9.75. The highest BCUT2D eigenvalue weighted by Crippen LogP contribution is 2.40. The molecule has 2 aliphatic rings. The zero-order valence-electron chi connectivity index (χ0n) is 30.7. The maximum atomic E-state index is 9.86. The Balaban J connectivity index is 1.14. The predicted octanol–water partition coefficient (Wildman–Crippen LogP) is 6.57. The minimum atomic E-state index is -0.909. The summed E-state index contributed by atoms with van der Waals surface area (Å²) < 4.78 is 18.7. The maximum absolute atomic E-state index is 9.86. The smallest absolute Gasteiger partial charge is 0.142 e. The van der Waals surface area contributed by atoms with Gasteiger partial charge in [-0.1, -0.05) is 65.1 Å². The number of likely N-dealkylation sites (tertiary alicyclic amines) is 2. The predicted molar refractivity (Wildman–Crippen MR) is 216 cm³/mol. The van der Waals surface area contributed by atoms with Gasteiger partial charge in [0.15, 0.2) is 0 Å². The Labute approximate surface area is 337 Å². The minimum absolute atomic E-state index is 0.107. The summed E-state index contributed by atoms with van der Waals surface area (Å²) in [7, 11) is 0. The van der Waals surface area contributed by atoms with Crippen LogP contribution in [-0.4, -0.2) is 101 Å². The van der Waals surface area contributed by atoms with Gasteiger partial charge in [0.2, 0.25) is 0 Å². The van der Waals surface area contributed by atoms with Crippen LogP contribution in [0, 0.1) is 5.41 Å². The van der Waals surface area contributed by atoms with E-state index in [4.69, 9.17) is 54.4 Å². The Kier molecular flexibility index (Phi) is 14.9. The third kappa shape index (κ3) is 11.0.